The van der Waals surface area contributed by atoms with Crippen molar-refractivity contribution >= 4 is 11.8 Å². The summed E-state index contributed by atoms with van der Waals surface area (Å²) in [4.78, 5) is 28.6. The summed E-state index contributed by atoms with van der Waals surface area (Å²) < 4.78 is 10.5. The summed E-state index contributed by atoms with van der Waals surface area (Å²) in [7, 11) is 3.12. The largest absolute Gasteiger partial charge is 0.497 e. The van der Waals surface area contributed by atoms with Crippen molar-refractivity contribution in [2.75, 3.05) is 40.4 Å². The minimum atomic E-state index is -0.0875. The van der Waals surface area contributed by atoms with E-state index in [1.54, 1.807) is 37.3 Å². The third kappa shape index (κ3) is 4.19. The van der Waals surface area contributed by atoms with E-state index in [-0.39, 0.29) is 11.8 Å². The van der Waals surface area contributed by atoms with E-state index >= 15 is 0 Å². The lowest BCUT2D eigenvalue weighted by Crippen LogP contribution is -2.37. The second-order valence-corrected chi connectivity index (χ2v) is 5.84. The Bertz CT molecular complexity index is 588. The molecule has 0 aliphatic carbocycles. The van der Waals surface area contributed by atoms with Crippen molar-refractivity contribution in [1.82, 2.24) is 9.80 Å². The van der Waals surface area contributed by atoms with Crippen molar-refractivity contribution in [3.05, 3.63) is 23.8 Å². The number of amides is 2. The third-order valence-electron chi connectivity index (χ3n) is 4.24. The van der Waals surface area contributed by atoms with Gasteiger partial charge in [0.1, 0.15) is 11.5 Å². The van der Waals surface area contributed by atoms with E-state index in [0.717, 1.165) is 12.8 Å². The lowest BCUT2D eigenvalue weighted by molar-refractivity contribution is -0.131. The first-order valence-corrected chi connectivity index (χ1v) is 8.39. The molecule has 6 heteroatoms. The van der Waals surface area contributed by atoms with Gasteiger partial charge in [-0.2, -0.15) is 0 Å². The van der Waals surface area contributed by atoms with Crippen molar-refractivity contribution < 1.29 is 19.1 Å². The highest BCUT2D eigenvalue weighted by atomic mass is 16.5. The summed E-state index contributed by atoms with van der Waals surface area (Å²) in [5, 5.41) is 0. The Morgan fingerprint density at radius 1 is 1.04 bits per heavy atom. The molecule has 2 rings (SSSR count). The van der Waals surface area contributed by atoms with E-state index in [0.29, 0.717) is 49.7 Å². The number of rotatable bonds is 5. The fourth-order valence-corrected chi connectivity index (χ4v) is 2.89. The smallest absolute Gasteiger partial charge is 0.257 e. The number of nitrogens with zero attached hydrogens (tertiary/aromatic N) is 2. The third-order valence-corrected chi connectivity index (χ3v) is 4.24. The van der Waals surface area contributed by atoms with E-state index in [9.17, 15) is 9.59 Å². The molecule has 0 atom stereocenters. The quantitative estimate of drug-likeness (QED) is 0.828. The molecule has 1 aromatic rings. The van der Waals surface area contributed by atoms with Gasteiger partial charge in [-0.3, -0.25) is 9.59 Å². The Kier molecular flexibility index (Phi) is 6.46. The van der Waals surface area contributed by atoms with E-state index in [4.69, 9.17) is 9.47 Å². The average Bonchev–Trinajstić information content (AvgIpc) is 2.87. The number of carbonyl (C=O) groups excluding carboxylic acids is 2. The fourth-order valence-electron chi connectivity index (χ4n) is 2.89. The zero-order chi connectivity index (χ0) is 17.5. The molecule has 6 nitrogen and oxygen atoms in total. The molecule has 2 amide bonds. The van der Waals surface area contributed by atoms with Crippen LogP contribution in [0.2, 0.25) is 0 Å². The Morgan fingerprint density at radius 3 is 2.42 bits per heavy atom. The highest BCUT2D eigenvalue weighted by Crippen LogP contribution is 2.25. The highest BCUT2D eigenvalue weighted by molar-refractivity contribution is 5.97. The van der Waals surface area contributed by atoms with Gasteiger partial charge in [0.15, 0.2) is 0 Å². The molecule has 0 N–H and O–H groups in total. The average molecular weight is 334 g/mol. The number of benzene rings is 1. The van der Waals surface area contributed by atoms with Gasteiger partial charge in [0, 0.05) is 32.6 Å². The van der Waals surface area contributed by atoms with Crippen molar-refractivity contribution in [3.63, 3.8) is 0 Å². The maximum Gasteiger partial charge on any atom is 0.257 e. The van der Waals surface area contributed by atoms with Gasteiger partial charge >= 0.3 is 0 Å². The number of ether oxygens (including phenoxy) is 2. The van der Waals surface area contributed by atoms with Crippen molar-refractivity contribution in [3.8, 4) is 11.5 Å². The van der Waals surface area contributed by atoms with Gasteiger partial charge in [-0.15, -0.1) is 0 Å². The monoisotopic (exact) mass is 334 g/mol. The van der Waals surface area contributed by atoms with Gasteiger partial charge in [0.25, 0.3) is 5.91 Å². The highest BCUT2D eigenvalue weighted by Gasteiger charge is 2.24. The van der Waals surface area contributed by atoms with Crippen LogP contribution in [0.5, 0.6) is 11.5 Å². The molecule has 0 radical (unpaired) electrons. The molecule has 0 saturated carbocycles. The molecule has 0 spiro atoms. The standard InChI is InChI=1S/C18H26N2O4/c1-4-6-17(21)19-9-5-10-20(12-11-19)18(22)15-13-14(23-2)7-8-16(15)24-3/h7-8,13H,4-6,9-12H2,1-3H3. The first kappa shape index (κ1) is 18.1. The Labute approximate surface area is 143 Å². The molecule has 1 aliphatic heterocycles. The van der Waals surface area contributed by atoms with Gasteiger partial charge < -0.3 is 19.3 Å². The second kappa shape index (κ2) is 8.57. The molecular formula is C18H26N2O4. The zero-order valence-electron chi connectivity index (χ0n) is 14.7. The summed E-state index contributed by atoms with van der Waals surface area (Å²) in [5.41, 5.74) is 0.491. The Hall–Kier alpha value is -2.24. The lowest BCUT2D eigenvalue weighted by atomic mass is 10.1. The van der Waals surface area contributed by atoms with Crippen LogP contribution in [0.15, 0.2) is 18.2 Å². The first-order valence-electron chi connectivity index (χ1n) is 8.39. The molecule has 0 aromatic heterocycles. The van der Waals surface area contributed by atoms with Gasteiger partial charge in [-0.25, -0.2) is 0 Å². The number of hydrogen-bond acceptors (Lipinski definition) is 4. The predicted octanol–water partition coefficient (Wildman–Crippen LogP) is 2.18. The van der Waals surface area contributed by atoms with Crippen LogP contribution in [0, 0.1) is 0 Å². The molecule has 1 heterocycles. The number of methoxy groups -OCH3 is 2. The van der Waals surface area contributed by atoms with Crippen LogP contribution < -0.4 is 9.47 Å². The molecule has 24 heavy (non-hydrogen) atoms. The molecule has 132 valence electrons. The molecule has 0 unspecified atom stereocenters. The summed E-state index contributed by atoms with van der Waals surface area (Å²) >= 11 is 0. The van der Waals surface area contributed by atoms with Crippen LogP contribution in [0.1, 0.15) is 36.5 Å². The zero-order valence-corrected chi connectivity index (χ0v) is 14.7. The van der Waals surface area contributed by atoms with Crippen LogP contribution in [0.4, 0.5) is 0 Å². The Balaban J connectivity index is 2.11. The molecule has 0 bridgehead atoms. The van der Waals surface area contributed by atoms with Gasteiger partial charge in [0.2, 0.25) is 5.91 Å². The maximum atomic E-state index is 12.9. The molecule has 1 aliphatic rings. The van der Waals surface area contributed by atoms with Crippen LogP contribution in [-0.4, -0.2) is 62.0 Å². The molecule has 1 aromatic carbocycles. The summed E-state index contributed by atoms with van der Waals surface area (Å²) in [6.07, 6.45) is 2.20. The van der Waals surface area contributed by atoms with Gasteiger partial charge in [-0.1, -0.05) is 6.92 Å². The normalized spacial score (nSPS) is 15.0. The minimum Gasteiger partial charge on any atom is -0.497 e. The van der Waals surface area contributed by atoms with Crippen LogP contribution in [-0.2, 0) is 4.79 Å². The topological polar surface area (TPSA) is 59.1 Å². The van der Waals surface area contributed by atoms with E-state index < -0.39 is 0 Å². The number of hydrogen-bond donors (Lipinski definition) is 0. The fraction of sp³-hybridized carbons (Fsp3) is 0.556. The summed E-state index contributed by atoms with van der Waals surface area (Å²) in [5.74, 6) is 1.24. The SMILES string of the molecule is CCCC(=O)N1CCCN(C(=O)c2cc(OC)ccc2OC)CC1. The first-order chi connectivity index (χ1) is 11.6. The van der Waals surface area contributed by atoms with Crippen LogP contribution >= 0.6 is 0 Å². The predicted molar refractivity (Wildman–Crippen MR) is 91.6 cm³/mol. The maximum absolute atomic E-state index is 12.9. The minimum absolute atomic E-state index is 0.0875. The van der Waals surface area contributed by atoms with Crippen molar-refractivity contribution in [2.24, 2.45) is 0 Å². The van der Waals surface area contributed by atoms with E-state index in [1.165, 1.54) is 0 Å². The van der Waals surface area contributed by atoms with Gasteiger partial charge in [-0.05, 0) is 31.0 Å². The summed E-state index contributed by atoms with van der Waals surface area (Å²) in [6.45, 7) is 4.46. The summed E-state index contributed by atoms with van der Waals surface area (Å²) in [6, 6.07) is 5.20. The van der Waals surface area contributed by atoms with Crippen molar-refractivity contribution in [1.29, 1.82) is 0 Å². The second-order valence-electron chi connectivity index (χ2n) is 5.84. The lowest BCUT2D eigenvalue weighted by Gasteiger charge is -2.23. The van der Waals surface area contributed by atoms with Crippen LogP contribution in [0.3, 0.4) is 0 Å². The number of carbonyl (C=O) groups is 2. The van der Waals surface area contributed by atoms with Crippen molar-refractivity contribution in [2.45, 2.75) is 26.2 Å². The van der Waals surface area contributed by atoms with Crippen LogP contribution in [0.25, 0.3) is 0 Å². The van der Waals surface area contributed by atoms with E-state index in [1.807, 2.05) is 11.8 Å². The van der Waals surface area contributed by atoms with E-state index in [2.05, 4.69) is 0 Å². The Morgan fingerprint density at radius 2 is 1.75 bits per heavy atom. The molecule has 1 saturated heterocycles. The molecular weight excluding hydrogens is 308 g/mol. The van der Waals surface area contributed by atoms with Gasteiger partial charge in [0.05, 0.1) is 19.8 Å². The molecule has 1 fully saturated rings.